The van der Waals surface area contributed by atoms with E-state index in [1.807, 2.05) is 13.8 Å². The number of aliphatic carboxylic acids is 1. The Bertz CT molecular complexity index is 386. The Morgan fingerprint density at radius 2 is 2.00 bits per heavy atom. The van der Waals surface area contributed by atoms with Crippen LogP contribution in [0.1, 0.15) is 46.0 Å². The molecule has 0 saturated heterocycles. The zero-order chi connectivity index (χ0) is 15.1. The van der Waals surface area contributed by atoms with Gasteiger partial charge in [0.2, 0.25) is 0 Å². The molecule has 0 aromatic heterocycles. The maximum Gasteiger partial charge on any atom is 0.320 e. The van der Waals surface area contributed by atoms with E-state index in [1.54, 1.807) is 9.80 Å². The Morgan fingerprint density at radius 3 is 2.45 bits per heavy atom. The predicted molar refractivity (Wildman–Crippen MR) is 74.1 cm³/mol. The Labute approximate surface area is 120 Å². The standard InChI is InChI=1S/C14H23N3O3/c1-11(2)16(9-3-5-13(18)19)14(20)17(10-4-8-15)12-6-7-12/h11-12H,3-7,9-10H2,1-2H3,(H,18,19). The largest absolute Gasteiger partial charge is 0.481 e. The molecule has 20 heavy (non-hydrogen) atoms. The predicted octanol–water partition coefficient (Wildman–Crippen LogP) is 2.06. The van der Waals surface area contributed by atoms with E-state index in [0.717, 1.165) is 12.8 Å². The van der Waals surface area contributed by atoms with E-state index in [0.29, 0.717) is 25.9 Å². The molecule has 0 spiro atoms. The van der Waals surface area contributed by atoms with Crippen molar-refractivity contribution < 1.29 is 14.7 Å². The molecule has 0 bridgehead atoms. The number of urea groups is 1. The summed E-state index contributed by atoms with van der Waals surface area (Å²) in [7, 11) is 0. The van der Waals surface area contributed by atoms with Gasteiger partial charge in [-0.1, -0.05) is 0 Å². The van der Waals surface area contributed by atoms with Crippen molar-refractivity contribution in [1.29, 1.82) is 5.26 Å². The Balaban J connectivity index is 2.60. The second-order valence-electron chi connectivity index (χ2n) is 5.40. The molecule has 0 aromatic carbocycles. The molecule has 0 unspecified atom stereocenters. The van der Waals surface area contributed by atoms with Crippen LogP contribution in [0.4, 0.5) is 4.79 Å². The third-order valence-corrected chi connectivity index (χ3v) is 3.36. The summed E-state index contributed by atoms with van der Waals surface area (Å²) in [4.78, 5) is 26.6. The highest BCUT2D eigenvalue weighted by atomic mass is 16.4. The number of hydrogen-bond acceptors (Lipinski definition) is 3. The fourth-order valence-electron chi connectivity index (χ4n) is 2.13. The summed E-state index contributed by atoms with van der Waals surface area (Å²) in [5.41, 5.74) is 0. The van der Waals surface area contributed by atoms with Crippen molar-refractivity contribution in [2.45, 2.75) is 58.0 Å². The lowest BCUT2D eigenvalue weighted by molar-refractivity contribution is -0.137. The zero-order valence-corrected chi connectivity index (χ0v) is 12.2. The number of amides is 2. The fourth-order valence-corrected chi connectivity index (χ4v) is 2.13. The maximum atomic E-state index is 12.5. The average Bonchev–Trinajstić information content (AvgIpc) is 3.18. The first-order chi connectivity index (χ1) is 9.47. The van der Waals surface area contributed by atoms with E-state index in [9.17, 15) is 9.59 Å². The van der Waals surface area contributed by atoms with Crippen LogP contribution in [0.25, 0.3) is 0 Å². The van der Waals surface area contributed by atoms with Crippen LogP contribution in [0.15, 0.2) is 0 Å². The molecule has 1 saturated carbocycles. The van der Waals surface area contributed by atoms with Crippen molar-refractivity contribution in [1.82, 2.24) is 9.80 Å². The zero-order valence-electron chi connectivity index (χ0n) is 12.2. The first-order valence-electron chi connectivity index (χ1n) is 7.13. The third kappa shape index (κ3) is 5.08. The second kappa shape index (κ2) is 7.73. The van der Waals surface area contributed by atoms with Gasteiger partial charge in [-0.05, 0) is 33.1 Å². The normalized spacial score (nSPS) is 13.9. The van der Waals surface area contributed by atoms with E-state index in [-0.39, 0.29) is 24.5 Å². The third-order valence-electron chi connectivity index (χ3n) is 3.36. The van der Waals surface area contributed by atoms with Gasteiger partial charge in [-0.15, -0.1) is 0 Å². The number of carbonyl (C=O) groups is 2. The van der Waals surface area contributed by atoms with Crippen LogP contribution in [-0.4, -0.2) is 52.1 Å². The van der Waals surface area contributed by atoms with Crippen LogP contribution < -0.4 is 0 Å². The van der Waals surface area contributed by atoms with E-state index in [2.05, 4.69) is 6.07 Å². The minimum Gasteiger partial charge on any atom is -0.481 e. The summed E-state index contributed by atoms with van der Waals surface area (Å²) >= 11 is 0. The lowest BCUT2D eigenvalue weighted by Gasteiger charge is -2.33. The number of hydrogen-bond donors (Lipinski definition) is 1. The molecule has 112 valence electrons. The molecule has 6 heteroatoms. The molecule has 1 aliphatic rings. The summed E-state index contributed by atoms with van der Waals surface area (Å²) in [6.45, 7) is 4.75. The molecule has 2 amide bonds. The van der Waals surface area contributed by atoms with Crippen molar-refractivity contribution in [3.05, 3.63) is 0 Å². The molecule has 0 atom stereocenters. The summed E-state index contributed by atoms with van der Waals surface area (Å²) in [6.07, 6.45) is 2.86. The number of nitrogens with zero attached hydrogens (tertiary/aromatic N) is 3. The number of carboxylic acid groups (broad SMARTS) is 1. The molecule has 0 heterocycles. The van der Waals surface area contributed by atoms with Crippen molar-refractivity contribution in [3.63, 3.8) is 0 Å². The van der Waals surface area contributed by atoms with Gasteiger partial charge in [0.15, 0.2) is 0 Å². The Morgan fingerprint density at radius 1 is 1.35 bits per heavy atom. The van der Waals surface area contributed by atoms with Crippen molar-refractivity contribution in [2.75, 3.05) is 13.1 Å². The molecule has 6 nitrogen and oxygen atoms in total. The highest BCUT2D eigenvalue weighted by Crippen LogP contribution is 2.28. The molecule has 1 fully saturated rings. The van der Waals surface area contributed by atoms with Crippen LogP contribution in [0.3, 0.4) is 0 Å². The van der Waals surface area contributed by atoms with Gasteiger partial charge in [-0.2, -0.15) is 5.26 Å². The van der Waals surface area contributed by atoms with Crippen LogP contribution in [0, 0.1) is 11.3 Å². The van der Waals surface area contributed by atoms with Crippen LogP contribution in [0.5, 0.6) is 0 Å². The molecular weight excluding hydrogens is 258 g/mol. The minimum absolute atomic E-state index is 0.0274. The maximum absolute atomic E-state index is 12.5. The van der Waals surface area contributed by atoms with Gasteiger partial charge < -0.3 is 14.9 Å². The van der Waals surface area contributed by atoms with Crippen LogP contribution in [-0.2, 0) is 4.79 Å². The van der Waals surface area contributed by atoms with Gasteiger partial charge in [-0.25, -0.2) is 4.79 Å². The summed E-state index contributed by atoms with van der Waals surface area (Å²) < 4.78 is 0. The summed E-state index contributed by atoms with van der Waals surface area (Å²) in [5.74, 6) is -0.843. The van der Waals surface area contributed by atoms with E-state index in [1.165, 1.54) is 0 Å². The summed E-state index contributed by atoms with van der Waals surface area (Å²) in [6, 6.07) is 2.29. The van der Waals surface area contributed by atoms with Gasteiger partial charge in [0.1, 0.15) is 0 Å². The molecule has 1 N–H and O–H groups in total. The molecule has 0 radical (unpaired) electrons. The summed E-state index contributed by atoms with van der Waals surface area (Å²) in [5, 5.41) is 17.4. The van der Waals surface area contributed by atoms with Gasteiger partial charge in [0.25, 0.3) is 0 Å². The number of rotatable bonds is 8. The Hall–Kier alpha value is -1.77. The first-order valence-corrected chi connectivity index (χ1v) is 7.13. The monoisotopic (exact) mass is 281 g/mol. The fraction of sp³-hybridized carbons (Fsp3) is 0.786. The van der Waals surface area contributed by atoms with Gasteiger partial charge in [0.05, 0.1) is 12.5 Å². The van der Waals surface area contributed by atoms with E-state index < -0.39 is 5.97 Å². The van der Waals surface area contributed by atoms with Crippen LogP contribution in [0.2, 0.25) is 0 Å². The highest BCUT2D eigenvalue weighted by molar-refractivity contribution is 5.75. The lowest BCUT2D eigenvalue weighted by atomic mass is 10.2. The number of nitriles is 1. The van der Waals surface area contributed by atoms with Crippen molar-refractivity contribution >= 4 is 12.0 Å². The smallest absolute Gasteiger partial charge is 0.320 e. The molecule has 0 aromatic rings. The quantitative estimate of drug-likeness (QED) is 0.738. The molecule has 0 aliphatic heterocycles. The minimum atomic E-state index is -0.843. The molecular formula is C14H23N3O3. The number of carboxylic acids is 1. The average molecular weight is 281 g/mol. The van der Waals surface area contributed by atoms with Gasteiger partial charge in [0, 0.05) is 31.6 Å². The van der Waals surface area contributed by atoms with Crippen molar-refractivity contribution in [2.24, 2.45) is 0 Å². The topological polar surface area (TPSA) is 84.6 Å². The SMILES string of the molecule is CC(C)N(CCCC(=O)O)C(=O)N(CCC#N)C1CC1. The van der Waals surface area contributed by atoms with Gasteiger partial charge in [-0.3, -0.25) is 4.79 Å². The van der Waals surface area contributed by atoms with Crippen LogP contribution >= 0.6 is 0 Å². The van der Waals surface area contributed by atoms with Gasteiger partial charge >= 0.3 is 12.0 Å². The second-order valence-corrected chi connectivity index (χ2v) is 5.40. The van der Waals surface area contributed by atoms with E-state index in [4.69, 9.17) is 10.4 Å². The van der Waals surface area contributed by atoms with E-state index >= 15 is 0 Å². The highest BCUT2D eigenvalue weighted by Gasteiger charge is 2.35. The molecule has 1 aliphatic carbocycles. The molecule has 1 rings (SSSR count). The number of carbonyl (C=O) groups excluding carboxylic acids is 1. The lowest BCUT2D eigenvalue weighted by Crippen LogP contribution is -2.48. The van der Waals surface area contributed by atoms with Crippen molar-refractivity contribution in [3.8, 4) is 6.07 Å². The Kier molecular flexibility index (Phi) is 6.29. The first kappa shape index (κ1) is 16.3.